The van der Waals surface area contributed by atoms with Crippen LogP contribution in [0.15, 0.2) is 59.1 Å². The smallest absolute Gasteiger partial charge is 0.269 e. The first kappa shape index (κ1) is 17.8. The molecule has 0 fully saturated rings. The molecule has 3 aromatic rings. The Morgan fingerprint density at radius 2 is 2.11 bits per heavy atom. The van der Waals surface area contributed by atoms with Crippen LogP contribution in [-0.4, -0.2) is 29.3 Å². The number of hydrogen-bond acceptors (Lipinski definition) is 4. The maximum Gasteiger partial charge on any atom is 0.269 e. The molecule has 1 unspecified atom stereocenters. The van der Waals surface area contributed by atoms with Gasteiger partial charge in [0.05, 0.1) is 19.3 Å². The van der Waals surface area contributed by atoms with Crippen molar-refractivity contribution in [3.05, 3.63) is 70.3 Å². The van der Waals surface area contributed by atoms with Gasteiger partial charge in [0, 0.05) is 16.6 Å². The van der Waals surface area contributed by atoms with Gasteiger partial charge in [0.1, 0.15) is 17.6 Å². The minimum Gasteiger partial charge on any atom is -0.497 e. The minimum absolute atomic E-state index is 0.114. The average molecular weight is 427 g/mol. The van der Waals surface area contributed by atoms with Crippen molar-refractivity contribution < 1.29 is 9.53 Å². The Balaban J connectivity index is 1.60. The molecule has 1 atom stereocenters. The van der Waals surface area contributed by atoms with Gasteiger partial charge in [0.15, 0.2) is 0 Å². The van der Waals surface area contributed by atoms with Gasteiger partial charge < -0.3 is 10.1 Å². The maximum atomic E-state index is 12.3. The standard InChI is InChI=1S/C20H19BrN4O2/c1-27-16-7-3-5-14(9-16)17-10-18-20(26)23-12-19(25(18)24-17)22-11-13-4-2-6-15(21)8-13/h2-10,19,22H,11-12H2,1H3,(H,23,26). The summed E-state index contributed by atoms with van der Waals surface area (Å²) in [5.41, 5.74) is 3.36. The zero-order chi connectivity index (χ0) is 18.8. The predicted octanol–water partition coefficient (Wildman–Crippen LogP) is 3.35. The molecule has 1 aromatic heterocycles. The molecule has 0 spiro atoms. The lowest BCUT2D eigenvalue weighted by atomic mass is 10.1. The third kappa shape index (κ3) is 3.74. The van der Waals surface area contributed by atoms with E-state index in [2.05, 4.69) is 43.8 Å². The second-order valence-electron chi connectivity index (χ2n) is 6.33. The van der Waals surface area contributed by atoms with E-state index in [1.54, 1.807) is 11.8 Å². The number of hydrogen-bond donors (Lipinski definition) is 2. The van der Waals surface area contributed by atoms with Crippen LogP contribution in [0.4, 0.5) is 0 Å². The lowest BCUT2D eigenvalue weighted by molar-refractivity contribution is 0.0900. The van der Waals surface area contributed by atoms with Crippen LogP contribution >= 0.6 is 15.9 Å². The number of nitrogens with one attached hydrogen (secondary N) is 2. The lowest BCUT2D eigenvalue weighted by Crippen LogP contribution is -2.45. The Kier molecular flexibility index (Phi) is 4.96. The fraction of sp³-hybridized carbons (Fsp3) is 0.200. The first-order chi connectivity index (χ1) is 13.1. The highest BCUT2D eigenvalue weighted by atomic mass is 79.9. The number of methoxy groups -OCH3 is 1. The second-order valence-corrected chi connectivity index (χ2v) is 7.24. The van der Waals surface area contributed by atoms with Crippen molar-refractivity contribution in [3.8, 4) is 17.0 Å². The topological polar surface area (TPSA) is 68.2 Å². The van der Waals surface area contributed by atoms with Gasteiger partial charge in [-0.2, -0.15) is 5.10 Å². The van der Waals surface area contributed by atoms with E-state index < -0.39 is 0 Å². The highest BCUT2D eigenvalue weighted by Gasteiger charge is 2.27. The predicted molar refractivity (Wildman–Crippen MR) is 107 cm³/mol. The van der Waals surface area contributed by atoms with E-state index in [1.807, 2.05) is 42.5 Å². The Morgan fingerprint density at radius 3 is 2.93 bits per heavy atom. The van der Waals surface area contributed by atoms with E-state index in [0.717, 1.165) is 27.0 Å². The van der Waals surface area contributed by atoms with Gasteiger partial charge in [-0.25, -0.2) is 4.68 Å². The molecule has 1 aliphatic heterocycles. The number of amides is 1. The number of nitrogens with zero attached hydrogens (tertiary/aromatic N) is 2. The van der Waals surface area contributed by atoms with E-state index in [-0.39, 0.29) is 12.1 Å². The quantitative estimate of drug-likeness (QED) is 0.656. The van der Waals surface area contributed by atoms with Gasteiger partial charge in [0.25, 0.3) is 5.91 Å². The molecule has 6 nitrogen and oxygen atoms in total. The van der Waals surface area contributed by atoms with Crippen molar-refractivity contribution in [2.45, 2.75) is 12.7 Å². The average Bonchev–Trinajstić information content (AvgIpc) is 3.14. The fourth-order valence-electron chi connectivity index (χ4n) is 3.13. The molecule has 0 saturated carbocycles. The van der Waals surface area contributed by atoms with Crippen LogP contribution in [-0.2, 0) is 6.54 Å². The molecule has 1 amide bonds. The van der Waals surface area contributed by atoms with Crippen LogP contribution in [0.5, 0.6) is 5.75 Å². The van der Waals surface area contributed by atoms with Crippen molar-refractivity contribution in [2.75, 3.05) is 13.7 Å². The third-order valence-electron chi connectivity index (χ3n) is 4.52. The summed E-state index contributed by atoms with van der Waals surface area (Å²) in [5.74, 6) is 0.643. The van der Waals surface area contributed by atoms with Crippen LogP contribution in [0.25, 0.3) is 11.3 Å². The third-order valence-corrected chi connectivity index (χ3v) is 5.01. The summed E-state index contributed by atoms with van der Waals surface area (Å²) in [4.78, 5) is 12.3. The van der Waals surface area contributed by atoms with E-state index in [0.29, 0.717) is 18.8 Å². The molecule has 4 rings (SSSR count). The molecule has 7 heteroatoms. The largest absolute Gasteiger partial charge is 0.497 e. The normalized spacial score (nSPS) is 15.9. The molecule has 0 radical (unpaired) electrons. The molecule has 1 aliphatic rings. The maximum absolute atomic E-state index is 12.3. The molecule has 2 heterocycles. The summed E-state index contributed by atoms with van der Waals surface area (Å²) in [6.07, 6.45) is -0.115. The number of halogens is 1. The molecular weight excluding hydrogens is 408 g/mol. The van der Waals surface area contributed by atoms with Gasteiger partial charge in [-0.15, -0.1) is 0 Å². The molecule has 138 valence electrons. The van der Waals surface area contributed by atoms with Crippen LogP contribution in [0, 0.1) is 0 Å². The summed E-state index contributed by atoms with van der Waals surface area (Å²) in [6.45, 7) is 1.16. The van der Waals surface area contributed by atoms with Crippen LogP contribution in [0.3, 0.4) is 0 Å². The molecule has 27 heavy (non-hydrogen) atoms. The van der Waals surface area contributed by atoms with Crippen molar-refractivity contribution in [2.24, 2.45) is 0 Å². The fourth-order valence-corrected chi connectivity index (χ4v) is 3.58. The van der Waals surface area contributed by atoms with E-state index in [9.17, 15) is 4.79 Å². The number of carbonyl (C=O) groups excluding carboxylic acids is 1. The lowest BCUT2D eigenvalue weighted by Gasteiger charge is -2.25. The number of rotatable bonds is 5. The highest BCUT2D eigenvalue weighted by molar-refractivity contribution is 9.10. The van der Waals surface area contributed by atoms with Crippen LogP contribution < -0.4 is 15.4 Å². The SMILES string of the molecule is COc1cccc(-c2cc3n(n2)C(NCc2cccc(Br)c2)CNC3=O)c1. The van der Waals surface area contributed by atoms with Crippen LogP contribution in [0.2, 0.25) is 0 Å². The van der Waals surface area contributed by atoms with Crippen molar-refractivity contribution in [1.82, 2.24) is 20.4 Å². The van der Waals surface area contributed by atoms with E-state index in [1.165, 1.54) is 0 Å². The highest BCUT2D eigenvalue weighted by Crippen LogP contribution is 2.26. The Hall–Kier alpha value is -2.64. The Bertz CT molecular complexity index is 986. The Morgan fingerprint density at radius 1 is 1.26 bits per heavy atom. The van der Waals surface area contributed by atoms with Gasteiger partial charge in [-0.3, -0.25) is 10.1 Å². The zero-order valence-electron chi connectivity index (χ0n) is 14.8. The van der Waals surface area contributed by atoms with Gasteiger partial charge in [0.2, 0.25) is 0 Å². The number of carbonyl (C=O) groups is 1. The van der Waals surface area contributed by atoms with Gasteiger partial charge in [-0.05, 0) is 35.9 Å². The number of fused-ring (bicyclic) bond motifs is 1. The summed E-state index contributed by atoms with van der Waals surface area (Å²) >= 11 is 3.49. The molecule has 2 N–H and O–H groups in total. The molecule has 0 bridgehead atoms. The first-order valence-electron chi connectivity index (χ1n) is 8.64. The van der Waals surface area contributed by atoms with Crippen molar-refractivity contribution in [1.29, 1.82) is 0 Å². The number of aromatic nitrogens is 2. The van der Waals surface area contributed by atoms with Gasteiger partial charge in [-0.1, -0.05) is 40.2 Å². The minimum atomic E-state index is -0.115. The first-order valence-corrected chi connectivity index (χ1v) is 9.43. The summed E-state index contributed by atoms with van der Waals surface area (Å²) < 4.78 is 8.10. The number of ether oxygens (including phenoxy) is 1. The summed E-state index contributed by atoms with van der Waals surface area (Å²) in [5, 5.41) is 11.1. The molecular formula is C20H19BrN4O2. The Labute approximate surface area is 165 Å². The van der Waals surface area contributed by atoms with E-state index in [4.69, 9.17) is 4.74 Å². The summed E-state index contributed by atoms with van der Waals surface area (Å²) in [6, 6.07) is 17.6. The zero-order valence-corrected chi connectivity index (χ0v) is 16.4. The van der Waals surface area contributed by atoms with Crippen molar-refractivity contribution >= 4 is 21.8 Å². The molecule has 0 saturated heterocycles. The molecule has 0 aliphatic carbocycles. The van der Waals surface area contributed by atoms with E-state index >= 15 is 0 Å². The monoisotopic (exact) mass is 426 g/mol. The van der Waals surface area contributed by atoms with Crippen LogP contribution in [0.1, 0.15) is 22.2 Å². The molecule has 2 aromatic carbocycles. The summed E-state index contributed by atoms with van der Waals surface area (Å²) in [7, 11) is 1.63. The van der Waals surface area contributed by atoms with Crippen molar-refractivity contribution in [3.63, 3.8) is 0 Å². The number of benzene rings is 2. The second kappa shape index (κ2) is 7.54. The van der Waals surface area contributed by atoms with Gasteiger partial charge >= 0.3 is 0 Å².